The summed E-state index contributed by atoms with van der Waals surface area (Å²) >= 11 is 7.75. The summed E-state index contributed by atoms with van der Waals surface area (Å²) in [6.45, 7) is 3.70. The molecule has 25 heavy (non-hydrogen) atoms. The van der Waals surface area contributed by atoms with Gasteiger partial charge in [0.05, 0.1) is 19.1 Å². The topological polar surface area (TPSA) is 30.5 Å². The number of thioether (sulfide) groups is 1. The number of methoxy groups -OCH3 is 2. The average Bonchev–Trinajstić information content (AvgIpc) is 2.57. The highest BCUT2D eigenvalue weighted by molar-refractivity contribution is 7.98. The first kappa shape index (κ1) is 22.0. The standard InChI is InChI=1S/C19H24ClNO2S.ClH/c1-13-7-14(9-16(20)8-13)12-21-6-5-15-10-18(23-3)19(24-4)11-17(15)22-2;/h7-11,21H,5-6,12H2,1-4H3;1H. The van der Waals surface area contributed by atoms with Crippen LogP contribution < -0.4 is 14.8 Å². The van der Waals surface area contributed by atoms with Crippen LogP contribution in [0.15, 0.2) is 35.2 Å². The number of ether oxygens (including phenoxy) is 2. The van der Waals surface area contributed by atoms with E-state index in [9.17, 15) is 0 Å². The van der Waals surface area contributed by atoms with Crippen LogP contribution in [0.1, 0.15) is 16.7 Å². The summed E-state index contributed by atoms with van der Waals surface area (Å²) in [5.41, 5.74) is 3.52. The van der Waals surface area contributed by atoms with Crippen LogP contribution in [0.5, 0.6) is 11.5 Å². The first-order valence-corrected chi connectivity index (χ1v) is 9.43. The Hall–Kier alpha value is -1.07. The van der Waals surface area contributed by atoms with Crippen LogP contribution in [0.25, 0.3) is 0 Å². The Morgan fingerprint density at radius 3 is 2.36 bits per heavy atom. The average molecular weight is 402 g/mol. The third kappa shape index (κ3) is 6.30. The van der Waals surface area contributed by atoms with Crippen molar-refractivity contribution in [2.75, 3.05) is 27.0 Å². The Balaban J connectivity index is 0.00000312. The fourth-order valence-electron chi connectivity index (χ4n) is 2.66. The van der Waals surface area contributed by atoms with Gasteiger partial charge < -0.3 is 14.8 Å². The van der Waals surface area contributed by atoms with E-state index in [2.05, 4.69) is 24.4 Å². The molecular weight excluding hydrogens is 377 g/mol. The first-order valence-electron chi connectivity index (χ1n) is 7.83. The van der Waals surface area contributed by atoms with Crippen molar-refractivity contribution >= 4 is 35.8 Å². The number of hydrogen-bond acceptors (Lipinski definition) is 4. The number of nitrogens with one attached hydrogen (secondary N) is 1. The van der Waals surface area contributed by atoms with Crippen LogP contribution in [0.4, 0.5) is 0 Å². The molecule has 0 aromatic heterocycles. The highest BCUT2D eigenvalue weighted by Crippen LogP contribution is 2.34. The molecule has 0 atom stereocenters. The third-order valence-electron chi connectivity index (χ3n) is 3.79. The SMILES string of the molecule is COc1cc(SC)c(OC)cc1CCNCc1cc(C)cc(Cl)c1.Cl. The zero-order valence-corrected chi connectivity index (χ0v) is 17.4. The first-order chi connectivity index (χ1) is 11.6. The van der Waals surface area contributed by atoms with E-state index in [-0.39, 0.29) is 12.4 Å². The molecule has 0 aliphatic heterocycles. The van der Waals surface area contributed by atoms with E-state index in [1.54, 1.807) is 26.0 Å². The van der Waals surface area contributed by atoms with Crippen LogP contribution in [0, 0.1) is 6.92 Å². The van der Waals surface area contributed by atoms with Gasteiger partial charge in [0.1, 0.15) is 11.5 Å². The van der Waals surface area contributed by atoms with Gasteiger partial charge in [0.2, 0.25) is 0 Å². The second kappa shape index (κ2) is 10.8. The van der Waals surface area contributed by atoms with Crippen LogP contribution in [-0.2, 0) is 13.0 Å². The van der Waals surface area contributed by atoms with Crippen molar-refractivity contribution in [3.63, 3.8) is 0 Å². The quantitative estimate of drug-likeness (QED) is 0.489. The second-order valence-electron chi connectivity index (χ2n) is 5.58. The van der Waals surface area contributed by atoms with Crippen molar-refractivity contribution in [1.82, 2.24) is 5.32 Å². The van der Waals surface area contributed by atoms with Gasteiger partial charge in [0.25, 0.3) is 0 Å². The molecule has 0 aliphatic carbocycles. The molecule has 2 aromatic carbocycles. The normalized spacial score (nSPS) is 10.3. The molecule has 0 heterocycles. The van der Waals surface area contributed by atoms with E-state index < -0.39 is 0 Å². The van der Waals surface area contributed by atoms with Crippen molar-refractivity contribution in [3.05, 3.63) is 52.0 Å². The number of benzene rings is 2. The van der Waals surface area contributed by atoms with E-state index in [4.69, 9.17) is 21.1 Å². The molecule has 0 bridgehead atoms. The Labute approximate surface area is 165 Å². The Morgan fingerprint density at radius 2 is 1.76 bits per heavy atom. The molecule has 6 heteroatoms. The Morgan fingerprint density at radius 1 is 1.04 bits per heavy atom. The molecule has 138 valence electrons. The van der Waals surface area contributed by atoms with E-state index in [0.717, 1.165) is 46.5 Å². The number of aryl methyl sites for hydroxylation is 1. The van der Waals surface area contributed by atoms with Gasteiger partial charge in [-0.15, -0.1) is 24.2 Å². The van der Waals surface area contributed by atoms with Crippen molar-refractivity contribution in [2.45, 2.75) is 24.8 Å². The second-order valence-corrected chi connectivity index (χ2v) is 6.87. The Bertz CT molecular complexity index is 675. The lowest BCUT2D eigenvalue weighted by Crippen LogP contribution is -2.17. The van der Waals surface area contributed by atoms with Crippen LogP contribution in [-0.4, -0.2) is 27.0 Å². The zero-order valence-electron chi connectivity index (χ0n) is 15.0. The van der Waals surface area contributed by atoms with Crippen LogP contribution >= 0.6 is 35.8 Å². The largest absolute Gasteiger partial charge is 0.496 e. The molecular formula is C19H25Cl2NO2S. The molecule has 0 aliphatic rings. The van der Waals surface area contributed by atoms with Crippen molar-refractivity contribution in [1.29, 1.82) is 0 Å². The summed E-state index contributed by atoms with van der Waals surface area (Å²) in [7, 11) is 3.41. The van der Waals surface area contributed by atoms with Gasteiger partial charge >= 0.3 is 0 Å². The van der Waals surface area contributed by atoms with E-state index in [1.807, 2.05) is 24.5 Å². The predicted octanol–water partition coefficient (Wildman–Crippen LogP) is 5.14. The third-order valence-corrected chi connectivity index (χ3v) is 4.77. The molecule has 0 fully saturated rings. The number of hydrogen-bond donors (Lipinski definition) is 1. The van der Waals surface area contributed by atoms with Crippen molar-refractivity contribution in [2.24, 2.45) is 0 Å². The van der Waals surface area contributed by atoms with Gasteiger partial charge in [-0.05, 0) is 67.1 Å². The minimum atomic E-state index is 0. The minimum absolute atomic E-state index is 0. The number of rotatable bonds is 8. The summed E-state index contributed by atoms with van der Waals surface area (Å²) in [6, 6.07) is 10.2. The van der Waals surface area contributed by atoms with Crippen molar-refractivity contribution < 1.29 is 9.47 Å². The summed E-state index contributed by atoms with van der Waals surface area (Å²) in [6.07, 6.45) is 2.90. The van der Waals surface area contributed by atoms with Gasteiger partial charge in [-0.25, -0.2) is 0 Å². The molecule has 2 aromatic rings. The van der Waals surface area contributed by atoms with Gasteiger partial charge in [-0.3, -0.25) is 0 Å². The molecule has 1 N–H and O–H groups in total. The Kier molecular flexibility index (Phi) is 9.51. The molecule has 2 rings (SSSR count). The maximum atomic E-state index is 6.10. The van der Waals surface area contributed by atoms with Crippen LogP contribution in [0.3, 0.4) is 0 Å². The molecule has 0 amide bonds. The van der Waals surface area contributed by atoms with Crippen molar-refractivity contribution in [3.8, 4) is 11.5 Å². The smallest absolute Gasteiger partial charge is 0.132 e. The maximum Gasteiger partial charge on any atom is 0.132 e. The number of halogens is 2. The summed E-state index contributed by atoms with van der Waals surface area (Å²) < 4.78 is 11.0. The minimum Gasteiger partial charge on any atom is -0.496 e. The fourth-order valence-corrected chi connectivity index (χ4v) is 3.54. The molecule has 0 saturated carbocycles. The predicted molar refractivity (Wildman–Crippen MR) is 110 cm³/mol. The molecule has 0 spiro atoms. The van der Waals surface area contributed by atoms with Crippen LogP contribution in [0.2, 0.25) is 5.02 Å². The van der Waals surface area contributed by atoms with Gasteiger partial charge in [-0.2, -0.15) is 0 Å². The van der Waals surface area contributed by atoms with Gasteiger partial charge in [0.15, 0.2) is 0 Å². The highest BCUT2D eigenvalue weighted by Gasteiger charge is 2.10. The van der Waals surface area contributed by atoms with E-state index >= 15 is 0 Å². The molecule has 0 saturated heterocycles. The molecule has 0 unspecified atom stereocenters. The van der Waals surface area contributed by atoms with Gasteiger partial charge in [0, 0.05) is 11.6 Å². The summed E-state index contributed by atoms with van der Waals surface area (Å²) in [5, 5.41) is 4.24. The zero-order chi connectivity index (χ0) is 17.5. The maximum absolute atomic E-state index is 6.10. The van der Waals surface area contributed by atoms with E-state index in [0.29, 0.717) is 0 Å². The summed E-state index contributed by atoms with van der Waals surface area (Å²) in [5.74, 6) is 1.80. The molecule has 3 nitrogen and oxygen atoms in total. The van der Waals surface area contributed by atoms with Gasteiger partial charge in [-0.1, -0.05) is 17.7 Å². The summed E-state index contributed by atoms with van der Waals surface area (Å²) in [4.78, 5) is 1.08. The molecule has 0 radical (unpaired) electrons. The fraction of sp³-hybridized carbons (Fsp3) is 0.368. The lowest BCUT2D eigenvalue weighted by atomic mass is 10.1. The van der Waals surface area contributed by atoms with E-state index in [1.165, 1.54) is 11.1 Å². The lowest BCUT2D eigenvalue weighted by Gasteiger charge is -2.14. The highest BCUT2D eigenvalue weighted by atomic mass is 35.5. The monoisotopic (exact) mass is 401 g/mol. The lowest BCUT2D eigenvalue weighted by molar-refractivity contribution is 0.390.